The van der Waals surface area contributed by atoms with Gasteiger partial charge in [-0.25, -0.2) is 0 Å². The fourth-order valence-corrected chi connectivity index (χ4v) is 2.69. The van der Waals surface area contributed by atoms with Crippen molar-refractivity contribution in [1.82, 2.24) is 9.80 Å². The average Bonchev–Trinajstić information content (AvgIpc) is 2.90. The summed E-state index contributed by atoms with van der Waals surface area (Å²) in [5, 5.41) is 0. The Kier molecular flexibility index (Phi) is 6.80. The number of hydrogen-bond donors (Lipinski definition) is 1. The third-order valence-corrected chi connectivity index (χ3v) is 4.38. The van der Waals surface area contributed by atoms with E-state index in [-0.39, 0.29) is 17.9 Å². The summed E-state index contributed by atoms with van der Waals surface area (Å²) in [5.74, 6) is 0.416. The molecule has 1 aliphatic carbocycles. The third-order valence-electron chi connectivity index (χ3n) is 4.38. The molecule has 1 aliphatic rings. The van der Waals surface area contributed by atoms with Gasteiger partial charge < -0.3 is 15.5 Å². The van der Waals surface area contributed by atoms with Gasteiger partial charge >= 0.3 is 0 Å². The van der Waals surface area contributed by atoms with Crippen LogP contribution in [0.15, 0.2) is 0 Å². The normalized spacial score (nSPS) is 19.7. The van der Waals surface area contributed by atoms with Crippen LogP contribution in [0.4, 0.5) is 0 Å². The monoisotopic (exact) mass is 269 g/mol. The van der Waals surface area contributed by atoms with E-state index in [1.165, 1.54) is 12.8 Å². The van der Waals surface area contributed by atoms with Crippen molar-refractivity contribution < 1.29 is 4.79 Å². The second-order valence-corrected chi connectivity index (χ2v) is 6.18. The van der Waals surface area contributed by atoms with Crippen molar-refractivity contribution in [3.63, 3.8) is 0 Å². The van der Waals surface area contributed by atoms with E-state index >= 15 is 0 Å². The first-order chi connectivity index (χ1) is 8.97. The average molecular weight is 269 g/mol. The minimum Gasteiger partial charge on any atom is -0.337 e. The summed E-state index contributed by atoms with van der Waals surface area (Å²) in [6.07, 6.45) is 5.74. The van der Waals surface area contributed by atoms with Crippen LogP contribution in [0.2, 0.25) is 0 Å². The first kappa shape index (κ1) is 16.4. The molecular formula is C15H31N3O. The first-order valence-corrected chi connectivity index (χ1v) is 7.68. The number of rotatable bonds is 7. The standard InChI is InChI=1S/C15H31N3O/c1-5-12(2)14(16)15(19)18(11-10-17(3)4)13-8-6-7-9-13/h12-14H,5-11,16H2,1-4H3. The second-order valence-electron chi connectivity index (χ2n) is 6.18. The Morgan fingerprint density at radius 3 is 2.32 bits per heavy atom. The predicted octanol–water partition coefficient (Wildman–Crippen LogP) is 1.69. The highest BCUT2D eigenvalue weighted by atomic mass is 16.2. The Balaban J connectivity index is 2.68. The Labute approximate surface area is 118 Å². The van der Waals surface area contributed by atoms with E-state index in [0.29, 0.717) is 6.04 Å². The molecule has 0 aromatic heterocycles. The molecule has 0 aromatic carbocycles. The zero-order chi connectivity index (χ0) is 14.4. The van der Waals surface area contributed by atoms with Crippen LogP contribution in [0.1, 0.15) is 46.0 Å². The van der Waals surface area contributed by atoms with E-state index in [2.05, 4.69) is 23.6 Å². The summed E-state index contributed by atoms with van der Waals surface area (Å²) in [6.45, 7) is 5.88. The number of likely N-dealkylation sites (N-methyl/N-ethyl adjacent to an activating group) is 1. The van der Waals surface area contributed by atoms with Crippen molar-refractivity contribution in [2.24, 2.45) is 11.7 Å². The highest BCUT2D eigenvalue weighted by Gasteiger charge is 2.31. The van der Waals surface area contributed by atoms with E-state index in [4.69, 9.17) is 5.73 Å². The number of hydrogen-bond acceptors (Lipinski definition) is 3. The van der Waals surface area contributed by atoms with Gasteiger partial charge in [-0.15, -0.1) is 0 Å². The van der Waals surface area contributed by atoms with Crippen LogP contribution in [0, 0.1) is 5.92 Å². The highest BCUT2D eigenvalue weighted by molar-refractivity contribution is 5.82. The van der Waals surface area contributed by atoms with Crippen molar-refractivity contribution in [3.8, 4) is 0 Å². The number of amides is 1. The van der Waals surface area contributed by atoms with Crippen LogP contribution in [0.3, 0.4) is 0 Å². The van der Waals surface area contributed by atoms with Crippen molar-refractivity contribution in [3.05, 3.63) is 0 Å². The lowest BCUT2D eigenvalue weighted by Crippen LogP contribution is -2.52. The molecule has 4 nitrogen and oxygen atoms in total. The van der Waals surface area contributed by atoms with Gasteiger partial charge in [0.1, 0.15) is 0 Å². The van der Waals surface area contributed by atoms with Crippen molar-refractivity contribution in [2.75, 3.05) is 27.2 Å². The Hall–Kier alpha value is -0.610. The quantitative estimate of drug-likeness (QED) is 0.765. The van der Waals surface area contributed by atoms with Crippen LogP contribution in [0.5, 0.6) is 0 Å². The van der Waals surface area contributed by atoms with Gasteiger partial charge in [0.25, 0.3) is 0 Å². The first-order valence-electron chi connectivity index (χ1n) is 7.68. The minimum atomic E-state index is -0.340. The second kappa shape index (κ2) is 7.85. The fraction of sp³-hybridized carbons (Fsp3) is 0.933. The van der Waals surface area contributed by atoms with Crippen molar-refractivity contribution in [2.45, 2.75) is 58.0 Å². The lowest BCUT2D eigenvalue weighted by atomic mass is 9.98. The van der Waals surface area contributed by atoms with Gasteiger partial charge in [-0.3, -0.25) is 4.79 Å². The molecule has 2 unspecified atom stereocenters. The largest absolute Gasteiger partial charge is 0.337 e. The Morgan fingerprint density at radius 2 is 1.84 bits per heavy atom. The van der Waals surface area contributed by atoms with Gasteiger partial charge in [-0.1, -0.05) is 33.1 Å². The van der Waals surface area contributed by atoms with Gasteiger partial charge in [0.05, 0.1) is 6.04 Å². The molecule has 1 fully saturated rings. The number of nitrogens with zero attached hydrogens (tertiary/aromatic N) is 2. The zero-order valence-corrected chi connectivity index (χ0v) is 13.1. The maximum atomic E-state index is 12.6. The third kappa shape index (κ3) is 4.77. The Bertz CT molecular complexity index is 275. The van der Waals surface area contributed by atoms with Gasteiger partial charge in [0.15, 0.2) is 0 Å². The SMILES string of the molecule is CCC(C)C(N)C(=O)N(CCN(C)C)C1CCCC1. The minimum absolute atomic E-state index is 0.156. The van der Waals surface area contributed by atoms with Crippen LogP contribution in [0.25, 0.3) is 0 Å². The summed E-state index contributed by atoms with van der Waals surface area (Å²) < 4.78 is 0. The summed E-state index contributed by atoms with van der Waals surface area (Å²) in [6, 6.07) is 0.0790. The summed E-state index contributed by atoms with van der Waals surface area (Å²) >= 11 is 0. The van der Waals surface area contributed by atoms with E-state index in [1.54, 1.807) is 0 Å². The predicted molar refractivity (Wildman–Crippen MR) is 80.0 cm³/mol. The van der Waals surface area contributed by atoms with E-state index in [0.717, 1.165) is 32.4 Å². The maximum absolute atomic E-state index is 12.6. The molecule has 0 saturated heterocycles. The highest BCUT2D eigenvalue weighted by Crippen LogP contribution is 2.24. The van der Waals surface area contributed by atoms with Crippen molar-refractivity contribution in [1.29, 1.82) is 0 Å². The van der Waals surface area contributed by atoms with Gasteiger partial charge in [0.2, 0.25) is 5.91 Å². The molecule has 1 amide bonds. The Morgan fingerprint density at radius 1 is 1.26 bits per heavy atom. The molecule has 2 atom stereocenters. The van der Waals surface area contributed by atoms with E-state index in [9.17, 15) is 4.79 Å². The number of nitrogens with two attached hydrogens (primary N) is 1. The molecule has 0 heterocycles. The number of carbonyl (C=O) groups is 1. The molecule has 0 bridgehead atoms. The van der Waals surface area contributed by atoms with Crippen LogP contribution in [-0.4, -0.2) is 55.0 Å². The topological polar surface area (TPSA) is 49.6 Å². The maximum Gasteiger partial charge on any atom is 0.240 e. The summed E-state index contributed by atoms with van der Waals surface area (Å²) in [7, 11) is 4.10. The molecule has 0 aliphatic heterocycles. The van der Waals surface area contributed by atoms with Crippen LogP contribution in [-0.2, 0) is 4.79 Å². The van der Waals surface area contributed by atoms with Gasteiger partial charge in [0, 0.05) is 19.1 Å². The molecule has 0 spiro atoms. The fourth-order valence-electron chi connectivity index (χ4n) is 2.69. The smallest absolute Gasteiger partial charge is 0.240 e. The molecule has 1 saturated carbocycles. The summed E-state index contributed by atoms with van der Waals surface area (Å²) in [4.78, 5) is 16.8. The molecule has 2 N–H and O–H groups in total. The van der Waals surface area contributed by atoms with Crippen LogP contribution >= 0.6 is 0 Å². The lowest BCUT2D eigenvalue weighted by Gasteiger charge is -2.33. The van der Waals surface area contributed by atoms with Crippen LogP contribution < -0.4 is 5.73 Å². The molecule has 112 valence electrons. The molecular weight excluding hydrogens is 238 g/mol. The van der Waals surface area contributed by atoms with E-state index < -0.39 is 0 Å². The number of carbonyl (C=O) groups excluding carboxylic acids is 1. The van der Waals surface area contributed by atoms with Gasteiger partial charge in [-0.2, -0.15) is 0 Å². The van der Waals surface area contributed by atoms with Crippen molar-refractivity contribution >= 4 is 5.91 Å². The summed E-state index contributed by atoms with van der Waals surface area (Å²) in [5.41, 5.74) is 6.14. The molecule has 4 heteroatoms. The zero-order valence-electron chi connectivity index (χ0n) is 13.1. The molecule has 1 rings (SSSR count). The lowest BCUT2D eigenvalue weighted by molar-refractivity contribution is -0.136. The van der Waals surface area contributed by atoms with Gasteiger partial charge in [-0.05, 0) is 32.9 Å². The van der Waals surface area contributed by atoms with E-state index in [1.807, 2.05) is 14.1 Å². The molecule has 0 radical (unpaired) electrons. The molecule has 0 aromatic rings. The molecule has 19 heavy (non-hydrogen) atoms.